The second kappa shape index (κ2) is 9.92. The monoisotopic (exact) mass is 515 g/mol. The third kappa shape index (κ3) is 4.98. The third-order valence-electron chi connectivity index (χ3n) is 7.17. The molecular weight excluding hydrogens is 488 g/mol. The number of rotatable bonds is 5. The number of nitrogens with one attached hydrogen (secondary N) is 2. The van der Waals surface area contributed by atoms with Crippen LogP contribution in [0, 0.1) is 0 Å². The fourth-order valence-electron chi connectivity index (χ4n) is 5.13. The van der Waals surface area contributed by atoms with Gasteiger partial charge in [-0.15, -0.1) is 0 Å². The van der Waals surface area contributed by atoms with Gasteiger partial charge in [0.2, 0.25) is 11.9 Å². The van der Waals surface area contributed by atoms with Crippen LogP contribution in [0.15, 0.2) is 61.3 Å². The lowest BCUT2D eigenvalue weighted by Crippen LogP contribution is -2.32. The molecule has 2 aliphatic rings. The van der Waals surface area contributed by atoms with Crippen molar-refractivity contribution in [1.82, 2.24) is 24.6 Å². The van der Waals surface area contributed by atoms with Crippen molar-refractivity contribution in [3.05, 3.63) is 83.7 Å². The predicted molar refractivity (Wildman–Crippen MR) is 140 cm³/mol. The molecule has 1 saturated carbocycles. The van der Waals surface area contributed by atoms with Gasteiger partial charge in [-0.05, 0) is 67.5 Å². The fraction of sp³-hybridized carbons (Fsp3) is 0.321. The highest BCUT2D eigenvalue weighted by atomic mass is 19.3. The molecule has 4 aromatic rings. The first kappa shape index (κ1) is 24.1. The summed E-state index contributed by atoms with van der Waals surface area (Å²) in [6.07, 6.45) is 13.8. The van der Waals surface area contributed by atoms with Gasteiger partial charge >= 0.3 is 0 Å². The van der Waals surface area contributed by atoms with E-state index in [1.165, 1.54) is 0 Å². The van der Waals surface area contributed by atoms with Crippen LogP contribution in [-0.2, 0) is 6.42 Å². The summed E-state index contributed by atoms with van der Waals surface area (Å²) in [4.78, 5) is 26.4. The Hall–Kier alpha value is -4.21. The van der Waals surface area contributed by atoms with E-state index in [-0.39, 0.29) is 24.8 Å². The Morgan fingerprint density at radius 1 is 1.13 bits per heavy atom. The first-order chi connectivity index (χ1) is 18.4. The van der Waals surface area contributed by atoms with Gasteiger partial charge in [-0.1, -0.05) is 6.08 Å². The summed E-state index contributed by atoms with van der Waals surface area (Å²) in [5.74, 6) is -2.34. The zero-order chi connectivity index (χ0) is 26.1. The molecular formula is C28H27F2N7O. The first-order valence-electron chi connectivity index (χ1n) is 12.9. The minimum absolute atomic E-state index is 0.0472. The van der Waals surface area contributed by atoms with Gasteiger partial charge in [0.25, 0.3) is 5.91 Å². The minimum atomic E-state index is -2.57. The van der Waals surface area contributed by atoms with Crippen LogP contribution in [0.25, 0.3) is 11.1 Å². The summed E-state index contributed by atoms with van der Waals surface area (Å²) in [6.45, 7) is 0. The smallest absolute Gasteiger partial charge is 0.259 e. The number of alkyl halides is 2. The van der Waals surface area contributed by atoms with Crippen LogP contribution in [0.4, 0.5) is 20.4 Å². The molecule has 10 heteroatoms. The van der Waals surface area contributed by atoms with E-state index in [4.69, 9.17) is 4.98 Å². The molecule has 2 N–H and O–H groups in total. The zero-order valence-corrected chi connectivity index (χ0v) is 20.7. The Kier molecular flexibility index (Phi) is 6.30. The van der Waals surface area contributed by atoms with Gasteiger partial charge in [0, 0.05) is 43.0 Å². The van der Waals surface area contributed by atoms with Crippen molar-refractivity contribution in [3.63, 3.8) is 0 Å². The summed E-state index contributed by atoms with van der Waals surface area (Å²) in [7, 11) is 0. The largest absolute Gasteiger partial charge is 0.351 e. The number of carbonyl (C=O) groups is 1. The Balaban J connectivity index is 1.27. The van der Waals surface area contributed by atoms with E-state index in [1.807, 2.05) is 24.5 Å². The topological polar surface area (TPSA) is 97.1 Å². The normalized spacial score (nSPS) is 17.4. The van der Waals surface area contributed by atoms with Crippen molar-refractivity contribution in [2.24, 2.45) is 0 Å². The molecule has 1 fully saturated rings. The van der Waals surface area contributed by atoms with Crippen LogP contribution in [0.3, 0.4) is 0 Å². The number of nitrogens with zero attached hydrogens (tertiary/aromatic N) is 5. The Labute approximate surface area is 218 Å². The van der Waals surface area contributed by atoms with Crippen LogP contribution in [0.1, 0.15) is 65.7 Å². The molecule has 194 valence electrons. The lowest BCUT2D eigenvalue weighted by atomic mass is 9.92. The molecule has 4 heterocycles. The molecule has 2 aliphatic carbocycles. The second-order valence-electron chi connectivity index (χ2n) is 9.84. The van der Waals surface area contributed by atoms with Crippen LogP contribution < -0.4 is 10.6 Å². The highest BCUT2D eigenvalue weighted by Gasteiger charge is 2.35. The van der Waals surface area contributed by atoms with Crippen molar-refractivity contribution in [1.29, 1.82) is 0 Å². The second-order valence-corrected chi connectivity index (χ2v) is 9.84. The van der Waals surface area contributed by atoms with Crippen LogP contribution >= 0.6 is 0 Å². The number of aryl methyl sites for hydroxylation is 1. The van der Waals surface area contributed by atoms with Crippen molar-refractivity contribution in [2.45, 2.75) is 56.9 Å². The highest BCUT2D eigenvalue weighted by Crippen LogP contribution is 2.35. The Bertz CT molecular complexity index is 1510. The molecule has 0 bridgehead atoms. The van der Waals surface area contributed by atoms with E-state index in [2.05, 4.69) is 31.8 Å². The van der Waals surface area contributed by atoms with Gasteiger partial charge in [0.1, 0.15) is 0 Å². The molecule has 4 aromatic heterocycles. The maximum atomic E-state index is 13.5. The minimum Gasteiger partial charge on any atom is -0.351 e. The van der Waals surface area contributed by atoms with E-state index in [9.17, 15) is 13.6 Å². The van der Waals surface area contributed by atoms with E-state index in [1.54, 1.807) is 35.2 Å². The average Bonchev–Trinajstić information content (AvgIpc) is 3.23. The van der Waals surface area contributed by atoms with Crippen molar-refractivity contribution < 1.29 is 13.6 Å². The molecule has 0 atom stereocenters. The number of allylic oxidation sites excluding steroid dienone is 1. The predicted octanol–water partition coefficient (Wildman–Crippen LogP) is 5.53. The molecule has 0 aliphatic heterocycles. The summed E-state index contributed by atoms with van der Waals surface area (Å²) >= 11 is 0. The SMILES string of the molecule is O=C(Nc1cccnc1)c1cnn2ccc(C3=CCCCc4nc(NC5CCC(F)(F)CC5)ncc43)cc12. The van der Waals surface area contributed by atoms with Gasteiger partial charge in [0.05, 0.1) is 34.9 Å². The maximum Gasteiger partial charge on any atom is 0.259 e. The standard InChI is InChI=1S/C28H27F2N7O/c29-28(30)10-7-19(8-11-28)35-27-32-16-22-21(5-1-2-6-24(22)36-27)18-9-13-37-25(14-18)23(17-33-37)26(38)34-20-4-3-12-31-15-20/h3-5,9,12-17,19H,1-2,6-8,10-11H2,(H,34,38)(H,32,35,36). The number of amides is 1. The zero-order valence-electron chi connectivity index (χ0n) is 20.7. The highest BCUT2D eigenvalue weighted by molar-refractivity contribution is 6.09. The quantitative estimate of drug-likeness (QED) is 0.363. The van der Waals surface area contributed by atoms with Crippen molar-refractivity contribution >= 4 is 28.6 Å². The van der Waals surface area contributed by atoms with Gasteiger partial charge in [0.15, 0.2) is 0 Å². The maximum absolute atomic E-state index is 13.5. The lowest BCUT2D eigenvalue weighted by molar-refractivity contribution is -0.0361. The average molecular weight is 516 g/mol. The Morgan fingerprint density at radius 2 is 2.00 bits per heavy atom. The Morgan fingerprint density at radius 3 is 2.82 bits per heavy atom. The number of carbonyl (C=O) groups excluding carboxylic acids is 1. The molecule has 0 aromatic carbocycles. The van der Waals surface area contributed by atoms with Crippen molar-refractivity contribution in [2.75, 3.05) is 10.6 Å². The molecule has 38 heavy (non-hydrogen) atoms. The number of halogens is 2. The summed E-state index contributed by atoms with van der Waals surface area (Å²) < 4.78 is 28.8. The molecule has 0 unspecified atom stereocenters. The molecule has 0 spiro atoms. The molecule has 1 amide bonds. The van der Waals surface area contributed by atoms with E-state index in [0.29, 0.717) is 35.6 Å². The number of anilines is 2. The van der Waals surface area contributed by atoms with E-state index in [0.717, 1.165) is 41.7 Å². The van der Waals surface area contributed by atoms with Gasteiger partial charge in [-0.3, -0.25) is 9.78 Å². The number of hydrogen-bond donors (Lipinski definition) is 2. The van der Waals surface area contributed by atoms with Gasteiger partial charge in [-0.25, -0.2) is 23.3 Å². The number of pyridine rings is 2. The third-order valence-corrected chi connectivity index (χ3v) is 7.17. The van der Waals surface area contributed by atoms with E-state index < -0.39 is 5.92 Å². The molecule has 0 saturated heterocycles. The molecule has 8 nitrogen and oxygen atoms in total. The molecule has 0 radical (unpaired) electrons. The number of aromatic nitrogens is 5. The van der Waals surface area contributed by atoms with Crippen LogP contribution in [-0.4, -0.2) is 42.4 Å². The number of fused-ring (bicyclic) bond motifs is 2. The van der Waals surface area contributed by atoms with Gasteiger partial charge in [-0.2, -0.15) is 5.10 Å². The first-order valence-corrected chi connectivity index (χ1v) is 12.9. The van der Waals surface area contributed by atoms with Crippen LogP contribution in [0.5, 0.6) is 0 Å². The lowest BCUT2D eigenvalue weighted by Gasteiger charge is -2.28. The molecule has 6 rings (SSSR count). The van der Waals surface area contributed by atoms with Crippen molar-refractivity contribution in [3.8, 4) is 0 Å². The van der Waals surface area contributed by atoms with Crippen LogP contribution in [0.2, 0.25) is 0 Å². The van der Waals surface area contributed by atoms with E-state index >= 15 is 0 Å². The summed E-state index contributed by atoms with van der Waals surface area (Å²) in [5, 5.41) is 10.5. The van der Waals surface area contributed by atoms with Gasteiger partial charge < -0.3 is 10.6 Å². The summed E-state index contributed by atoms with van der Waals surface area (Å²) in [5.41, 5.74) is 5.56. The fourth-order valence-corrected chi connectivity index (χ4v) is 5.13. The number of hydrogen-bond acceptors (Lipinski definition) is 6. The summed E-state index contributed by atoms with van der Waals surface area (Å²) in [6, 6.07) is 7.42.